The van der Waals surface area contributed by atoms with Crippen molar-refractivity contribution in [1.29, 1.82) is 0 Å². The number of urea groups is 1. The van der Waals surface area contributed by atoms with Crippen LogP contribution in [0.2, 0.25) is 0 Å². The van der Waals surface area contributed by atoms with Gasteiger partial charge < -0.3 is 26.6 Å². The maximum Gasteiger partial charge on any atom is 0.326 e. The zero-order valence-electron chi connectivity index (χ0n) is 10.3. The highest BCUT2D eigenvalue weighted by atomic mass is 16.4. The number of rotatable bonds is 7. The lowest BCUT2D eigenvalue weighted by Crippen LogP contribution is -2.54. The SMILES string of the molecule is CC(C)C(NC(=O)N[C@@H](CCO)C(=O)O)C(N)=O. The first kappa shape index (κ1) is 16.2. The van der Waals surface area contributed by atoms with Gasteiger partial charge in [0.1, 0.15) is 12.1 Å². The van der Waals surface area contributed by atoms with Crippen LogP contribution in [-0.2, 0) is 9.59 Å². The Morgan fingerprint density at radius 2 is 1.78 bits per heavy atom. The Bertz CT molecular complexity index is 319. The minimum atomic E-state index is -1.26. The van der Waals surface area contributed by atoms with Gasteiger partial charge in [0.2, 0.25) is 5.91 Å². The first-order valence-corrected chi connectivity index (χ1v) is 5.49. The van der Waals surface area contributed by atoms with E-state index in [1.54, 1.807) is 13.8 Å². The number of carbonyl (C=O) groups is 3. The number of hydrogen-bond acceptors (Lipinski definition) is 4. The van der Waals surface area contributed by atoms with E-state index < -0.39 is 30.0 Å². The molecule has 1 unspecified atom stereocenters. The topological polar surface area (TPSA) is 142 Å². The summed E-state index contributed by atoms with van der Waals surface area (Å²) >= 11 is 0. The van der Waals surface area contributed by atoms with Crippen LogP contribution in [0.5, 0.6) is 0 Å². The lowest BCUT2D eigenvalue weighted by Gasteiger charge is -2.21. The van der Waals surface area contributed by atoms with E-state index in [4.69, 9.17) is 15.9 Å². The Morgan fingerprint density at radius 1 is 1.22 bits per heavy atom. The number of aliphatic hydroxyl groups is 1. The van der Waals surface area contributed by atoms with E-state index in [0.717, 1.165) is 0 Å². The van der Waals surface area contributed by atoms with Crippen molar-refractivity contribution in [3.05, 3.63) is 0 Å². The lowest BCUT2D eigenvalue weighted by molar-refractivity contribution is -0.139. The third-order valence-corrected chi connectivity index (χ3v) is 2.28. The third-order valence-electron chi connectivity index (χ3n) is 2.28. The number of aliphatic hydroxyl groups excluding tert-OH is 1. The number of nitrogens with one attached hydrogen (secondary N) is 2. The van der Waals surface area contributed by atoms with Crippen LogP contribution in [0.3, 0.4) is 0 Å². The maximum atomic E-state index is 11.5. The first-order chi connectivity index (χ1) is 8.29. The van der Waals surface area contributed by atoms with E-state index in [9.17, 15) is 14.4 Å². The van der Waals surface area contributed by atoms with Crippen LogP contribution in [-0.4, -0.2) is 46.8 Å². The van der Waals surface area contributed by atoms with E-state index in [-0.39, 0.29) is 18.9 Å². The summed E-state index contributed by atoms with van der Waals surface area (Å²) < 4.78 is 0. The molecule has 0 heterocycles. The summed E-state index contributed by atoms with van der Waals surface area (Å²) in [7, 11) is 0. The van der Waals surface area contributed by atoms with Gasteiger partial charge >= 0.3 is 12.0 Å². The quantitative estimate of drug-likeness (QED) is 0.384. The van der Waals surface area contributed by atoms with Gasteiger partial charge in [-0.3, -0.25) is 4.79 Å². The van der Waals surface area contributed by atoms with Gasteiger partial charge in [-0.25, -0.2) is 9.59 Å². The van der Waals surface area contributed by atoms with Crippen molar-refractivity contribution >= 4 is 17.9 Å². The molecule has 2 atom stereocenters. The minimum Gasteiger partial charge on any atom is -0.480 e. The molecular formula is C10H19N3O5. The number of aliphatic carboxylic acids is 1. The Hall–Kier alpha value is -1.83. The Morgan fingerprint density at radius 3 is 2.11 bits per heavy atom. The summed E-state index contributed by atoms with van der Waals surface area (Å²) in [5, 5.41) is 21.8. The molecule has 18 heavy (non-hydrogen) atoms. The molecule has 0 aromatic carbocycles. The minimum absolute atomic E-state index is 0.119. The van der Waals surface area contributed by atoms with Crippen LogP contribution >= 0.6 is 0 Å². The summed E-state index contributed by atoms with van der Waals surface area (Å²) in [6.45, 7) is 3.01. The first-order valence-electron chi connectivity index (χ1n) is 5.49. The van der Waals surface area contributed by atoms with Gasteiger partial charge in [0, 0.05) is 13.0 Å². The van der Waals surface area contributed by atoms with Gasteiger partial charge in [-0.1, -0.05) is 13.8 Å². The van der Waals surface area contributed by atoms with Crippen LogP contribution in [0, 0.1) is 5.92 Å². The summed E-state index contributed by atoms with van der Waals surface area (Å²) in [5.41, 5.74) is 5.10. The number of carbonyl (C=O) groups excluding carboxylic acids is 2. The number of nitrogens with two attached hydrogens (primary N) is 1. The largest absolute Gasteiger partial charge is 0.480 e. The highest BCUT2D eigenvalue weighted by Crippen LogP contribution is 2.00. The fourth-order valence-corrected chi connectivity index (χ4v) is 1.29. The normalized spacial score (nSPS) is 13.8. The Labute approximate surface area is 105 Å². The van der Waals surface area contributed by atoms with Gasteiger partial charge in [0.25, 0.3) is 0 Å². The highest BCUT2D eigenvalue weighted by Gasteiger charge is 2.24. The zero-order chi connectivity index (χ0) is 14.3. The van der Waals surface area contributed by atoms with Crippen LogP contribution in [0.1, 0.15) is 20.3 Å². The maximum absolute atomic E-state index is 11.5. The summed E-state index contributed by atoms with van der Waals surface area (Å²) in [6, 6.07) is -2.90. The zero-order valence-corrected chi connectivity index (χ0v) is 10.3. The molecule has 0 aliphatic carbocycles. The fourth-order valence-electron chi connectivity index (χ4n) is 1.29. The predicted octanol–water partition coefficient (Wildman–Crippen LogP) is -1.37. The van der Waals surface area contributed by atoms with Crippen molar-refractivity contribution in [2.45, 2.75) is 32.4 Å². The smallest absolute Gasteiger partial charge is 0.326 e. The second-order valence-corrected chi connectivity index (χ2v) is 4.14. The molecule has 3 amide bonds. The second-order valence-electron chi connectivity index (χ2n) is 4.14. The average Bonchev–Trinajstić information content (AvgIpc) is 2.24. The lowest BCUT2D eigenvalue weighted by atomic mass is 10.0. The van der Waals surface area contributed by atoms with Gasteiger partial charge in [-0.2, -0.15) is 0 Å². The van der Waals surface area contributed by atoms with Crippen LogP contribution in [0.15, 0.2) is 0 Å². The molecule has 0 saturated carbocycles. The van der Waals surface area contributed by atoms with Crippen LogP contribution in [0.25, 0.3) is 0 Å². The van der Waals surface area contributed by atoms with Gasteiger partial charge in [-0.05, 0) is 5.92 Å². The molecule has 0 saturated heterocycles. The number of amides is 3. The fraction of sp³-hybridized carbons (Fsp3) is 0.700. The van der Waals surface area contributed by atoms with Crippen molar-refractivity contribution in [3.63, 3.8) is 0 Å². The molecule has 0 fully saturated rings. The van der Waals surface area contributed by atoms with Gasteiger partial charge in [-0.15, -0.1) is 0 Å². The molecule has 0 aliphatic rings. The summed E-state index contributed by atoms with van der Waals surface area (Å²) in [5.74, 6) is -2.18. The third kappa shape index (κ3) is 5.48. The monoisotopic (exact) mass is 261 g/mol. The molecule has 0 spiro atoms. The summed E-state index contributed by atoms with van der Waals surface area (Å²) in [6.07, 6.45) is -0.119. The average molecular weight is 261 g/mol. The molecular weight excluding hydrogens is 242 g/mol. The van der Waals surface area contributed by atoms with Crippen LogP contribution < -0.4 is 16.4 Å². The second kappa shape index (κ2) is 7.49. The molecule has 6 N–H and O–H groups in total. The molecule has 104 valence electrons. The molecule has 0 radical (unpaired) electrons. The Kier molecular flexibility index (Phi) is 6.73. The number of primary amides is 1. The Balaban J connectivity index is 4.47. The molecule has 0 aromatic rings. The van der Waals surface area contributed by atoms with E-state index in [0.29, 0.717) is 0 Å². The predicted molar refractivity (Wildman–Crippen MR) is 62.6 cm³/mol. The van der Waals surface area contributed by atoms with Crippen molar-refractivity contribution in [2.75, 3.05) is 6.61 Å². The van der Waals surface area contributed by atoms with E-state index >= 15 is 0 Å². The van der Waals surface area contributed by atoms with Crippen molar-refractivity contribution in [1.82, 2.24) is 10.6 Å². The van der Waals surface area contributed by atoms with Crippen molar-refractivity contribution in [3.8, 4) is 0 Å². The number of hydrogen-bond donors (Lipinski definition) is 5. The van der Waals surface area contributed by atoms with Crippen molar-refractivity contribution in [2.24, 2.45) is 11.7 Å². The van der Waals surface area contributed by atoms with Crippen molar-refractivity contribution < 1.29 is 24.6 Å². The molecule has 0 bridgehead atoms. The van der Waals surface area contributed by atoms with Crippen LogP contribution in [0.4, 0.5) is 4.79 Å². The molecule has 0 aliphatic heterocycles. The number of carboxylic acid groups (broad SMARTS) is 1. The molecule has 8 nitrogen and oxygen atoms in total. The number of carboxylic acids is 1. The van der Waals surface area contributed by atoms with Gasteiger partial charge in [0.15, 0.2) is 0 Å². The molecule has 0 aromatic heterocycles. The van der Waals surface area contributed by atoms with Gasteiger partial charge in [0.05, 0.1) is 0 Å². The molecule has 0 rings (SSSR count). The standard InChI is InChI=1S/C10H19N3O5/c1-5(2)7(8(11)15)13-10(18)12-6(3-4-14)9(16)17/h5-7,14H,3-4H2,1-2H3,(H2,11,15)(H,16,17)(H2,12,13,18)/t6-,7?/m0/s1. The highest BCUT2D eigenvalue weighted by molar-refractivity contribution is 5.88. The molecule has 8 heteroatoms. The van der Waals surface area contributed by atoms with E-state index in [1.165, 1.54) is 0 Å². The summed E-state index contributed by atoms with van der Waals surface area (Å²) in [4.78, 5) is 33.3. The van der Waals surface area contributed by atoms with E-state index in [2.05, 4.69) is 10.6 Å². The van der Waals surface area contributed by atoms with E-state index in [1.807, 2.05) is 0 Å².